The predicted molar refractivity (Wildman–Crippen MR) is 64.0 cm³/mol. The normalized spacial score (nSPS) is 9.59. The van der Waals surface area contributed by atoms with Crippen molar-refractivity contribution in [3.63, 3.8) is 0 Å². The van der Waals surface area contributed by atoms with Crippen molar-refractivity contribution in [3.05, 3.63) is 30.3 Å². The first-order chi connectivity index (χ1) is 7.43. The fraction of sp³-hybridized carbons (Fsp3) is 0.400. The van der Waals surface area contributed by atoms with Crippen LogP contribution in [0.2, 0.25) is 0 Å². The van der Waals surface area contributed by atoms with Crippen molar-refractivity contribution in [2.75, 3.05) is 18.2 Å². The monoisotopic (exact) mass is 268 g/mol. The third-order valence-electron chi connectivity index (χ3n) is 1.38. The second kappa shape index (κ2) is 11.0. The van der Waals surface area contributed by atoms with Crippen LogP contribution >= 0.6 is 0 Å². The molecule has 0 unspecified atom stereocenters. The van der Waals surface area contributed by atoms with E-state index >= 15 is 0 Å². The van der Waals surface area contributed by atoms with Crippen molar-refractivity contribution >= 4 is 15.8 Å². The van der Waals surface area contributed by atoms with Crippen LogP contribution in [0.15, 0.2) is 30.3 Å². The molecule has 0 radical (unpaired) electrons. The molecule has 0 atom stereocenters. The summed E-state index contributed by atoms with van der Waals surface area (Å²) in [6, 6.07) is 10.1. The summed E-state index contributed by atoms with van der Waals surface area (Å²) in [5, 5.41) is 0. The Morgan fingerprint density at radius 3 is 2.12 bits per heavy atom. The van der Waals surface area contributed by atoms with Crippen LogP contribution in [0.5, 0.6) is 0 Å². The summed E-state index contributed by atoms with van der Waals surface area (Å²) in [5.74, 6) is 0. The molecule has 0 saturated carbocycles. The van der Waals surface area contributed by atoms with Gasteiger partial charge in [-0.25, -0.2) is 13.8 Å². The fourth-order valence-electron chi connectivity index (χ4n) is 0.811. The van der Waals surface area contributed by atoms with Gasteiger partial charge in [-0.3, -0.25) is 0 Å². The van der Waals surface area contributed by atoms with Crippen molar-refractivity contribution in [1.82, 2.24) is 5.43 Å². The molecular weight excluding hydrogens is 251 g/mol. The zero-order valence-corrected chi connectivity index (χ0v) is 13.3. The maximum atomic E-state index is 9.08. The summed E-state index contributed by atoms with van der Waals surface area (Å²) < 4.78 is 27.2. The van der Waals surface area contributed by atoms with Gasteiger partial charge in [0, 0.05) is 18.5 Å². The Balaban J connectivity index is 0. The zero-order chi connectivity index (χ0) is 12.4. The van der Waals surface area contributed by atoms with Gasteiger partial charge in [0.15, 0.2) is 0 Å². The number of anilines is 1. The Labute approximate surface area is 125 Å². The van der Waals surface area contributed by atoms with Crippen LogP contribution in [0.4, 0.5) is 5.69 Å². The zero-order valence-electron chi connectivity index (χ0n) is 10.4. The third-order valence-corrected chi connectivity index (χ3v) is 1.38. The van der Waals surface area contributed by atoms with E-state index in [1.54, 1.807) is 0 Å². The third kappa shape index (κ3) is 18.5. The minimum absolute atomic E-state index is 0. The molecule has 5 nitrogen and oxygen atoms in total. The SMILES string of the molecule is CCCNNc1ccccc1.CS(=O)(=O)[O-].[Na+]. The minimum Gasteiger partial charge on any atom is -0.748 e. The number of hydrogen-bond acceptors (Lipinski definition) is 5. The van der Waals surface area contributed by atoms with Crippen LogP contribution < -0.4 is 40.4 Å². The summed E-state index contributed by atoms with van der Waals surface area (Å²) in [4.78, 5) is 0. The Hall–Kier alpha value is -0.110. The number of hydrogen-bond donors (Lipinski definition) is 2. The molecule has 1 aromatic carbocycles. The molecule has 0 aromatic heterocycles. The smallest absolute Gasteiger partial charge is 0.748 e. The summed E-state index contributed by atoms with van der Waals surface area (Å²) in [6.45, 7) is 3.13. The van der Waals surface area contributed by atoms with Gasteiger partial charge in [0.2, 0.25) is 0 Å². The molecule has 0 saturated heterocycles. The van der Waals surface area contributed by atoms with Gasteiger partial charge in [-0.1, -0.05) is 25.1 Å². The fourth-order valence-corrected chi connectivity index (χ4v) is 0.811. The van der Waals surface area contributed by atoms with Gasteiger partial charge in [-0.2, -0.15) is 0 Å². The van der Waals surface area contributed by atoms with E-state index in [2.05, 4.69) is 17.8 Å². The summed E-state index contributed by atoms with van der Waals surface area (Å²) in [5.41, 5.74) is 7.31. The minimum atomic E-state index is -3.92. The van der Waals surface area contributed by atoms with E-state index in [1.807, 2.05) is 30.3 Å². The van der Waals surface area contributed by atoms with Crippen molar-refractivity contribution in [3.8, 4) is 0 Å². The van der Waals surface area contributed by atoms with Crippen LogP contribution in [-0.2, 0) is 10.1 Å². The molecule has 0 fully saturated rings. The molecule has 7 heteroatoms. The molecule has 0 amide bonds. The maximum Gasteiger partial charge on any atom is 1.00 e. The summed E-state index contributed by atoms with van der Waals surface area (Å²) in [7, 11) is -3.92. The van der Waals surface area contributed by atoms with Crippen molar-refractivity contribution in [2.45, 2.75) is 13.3 Å². The molecule has 0 bridgehead atoms. The van der Waals surface area contributed by atoms with Gasteiger partial charge < -0.3 is 9.98 Å². The van der Waals surface area contributed by atoms with E-state index in [4.69, 9.17) is 13.0 Å². The van der Waals surface area contributed by atoms with Gasteiger partial charge in [-0.05, 0) is 18.6 Å². The molecule has 92 valence electrons. The van der Waals surface area contributed by atoms with Crippen LogP contribution in [0.3, 0.4) is 0 Å². The van der Waals surface area contributed by atoms with E-state index in [0.29, 0.717) is 6.26 Å². The first kappa shape index (κ1) is 19.2. The number of benzene rings is 1. The predicted octanol–water partition coefficient (Wildman–Crippen LogP) is -1.82. The number of nitrogens with one attached hydrogen (secondary N) is 2. The number of rotatable bonds is 4. The van der Waals surface area contributed by atoms with Gasteiger partial charge >= 0.3 is 29.6 Å². The van der Waals surface area contributed by atoms with Crippen molar-refractivity contribution in [2.24, 2.45) is 0 Å². The largest absolute Gasteiger partial charge is 1.00 e. The van der Waals surface area contributed by atoms with Gasteiger partial charge in [-0.15, -0.1) is 0 Å². The number of hydrazine groups is 1. The standard InChI is InChI=1S/C9H14N2.CH4O3S.Na/c1-2-8-10-11-9-6-4-3-5-7-9;1-5(2,3)4;/h3-7,10-11H,2,8H2,1H3;1H3,(H,2,3,4);/q;;+1/p-1. The van der Waals surface area contributed by atoms with Gasteiger partial charge in [0.05, 0.1) is 10.1 Å². The maximum absolute atomic E-state index is 9.08. The Kier molecular flexibility index (Phi) is 12.5. The van der Waals surface area contributed by atoms with Gasteiger partial charge in [0.25, 0.3) is 0 Å². The van der Waals surface area contributed by atoms with E-state index in [9.17, 15) is 0 Å². The van der Waals surface area contributed by atoms with Crippen molar-refractivity contribution in [1.29, 1.82) is 0 Å². The van der Waals surface area contributed by atoms with Gasteiger partial charge in [0.1, 0.15) is 0 Å². The van der Waals surface area contributed by atoms with E-state index in [1.165, 1.54) is 0 Å². The van der Waals surface area contributed by atoms with E-state index < -0.39 is 10.1 Å². The Morgan fingerprint density at radius 2 is 1.71 bits per heavy atom. The molecule has 0 aliphatic rings. The average Bonchev–Trinajstić information content (AvgIpc) is 2.17. The van der Waals surface area contributed by atoms with Crippen LogP contribution in [0.1, 0.15) is 13.3 Å². The van der Waals surface area contributed by atoms with Crippen molar-refractivity contribution < 1.29 is 42.5 Å². The molecule has 0 heterocycles. The summed E-state index contributed by atoms with van der Waals surface area (Å²) >= 11 is 0. The van der Waals surface area contributed by atoms with E-state index in [-0.39, 0.29) is 29.6 Å². The topological polar surface area (TPSA) is 81.3 Å². The van der Waals surface area contributed by atoms with Crippen LogP contribution in [0.25, 0.3) is 0 Å². The first-order valence-corrected chi connectivity index (χ1v) is 6.70. The second-order valence-electron chi connectivity index (χ2n) is 3.12. The Bertz CT molecular complexity index is 362. The quantitative estimate of drug-likeness (QED) is 0.291. The first-order valence-electron chi connectivity index (χ1n) is 4.88. The molecule has 1 rings (SSSR count). The summed E-state index contributed by atoms with van der Waals surface area (Å²) in [6.07, 6.45) is 1.74. The molecule has 0 aliphatic heterocycles. The van der Waals surface area contributed by atoms with Crippen LogP contribution in [0, 0.1) is 0 Å². The van der Waals surface area contributed by atoms with Crippen LogP contribution in [-0.4, -0.2) is 25.8 Å². The molecule has 1 aromatic rings. The average molecular weight is 268 g/mol. The molecular formula is C10H17N2NaO3S. The molecule has 17 heavy (non-hydrogen) atoms. The Morgan fingerprint density at radius 1 is 1.24 bits per heavy atom. The molecule has 0 aliphatic carbocycles. The van der Waals surface area contributed by atoms with E-state index in [0.717, 1.165) is 18.7 Å². The number of para-hydroxylation sites is 1. The molecule has 2 N–H and O–H groups in total. The molecule has 0 spiro atoms. The second-order valence-corrected chi connectivity index (χ2v) is 4.53.